The van der Waals surface area contributed by atoms with Crippen LogP contribution in [-0.2, 0) is 11.3 Å². The second kappa shape index (κ2) is 4.00. The zero-order chi connectivity index (χ0) is 9.97. The minimum Gasteiger partial charge on any atom is -0.349 e. The van der Waals surface area contributed by atoms with Crippen LogP contribution >= 0.6 is 11.6 Å². The summed E-state index contributed by atoms with van der Waals surface area (Å²) in [6.45, 7) is 0.516. The highest BCUT2D eigenvalue weighted by Gasteiger charge is 2.25. The van der Waals surface area contributed by atoms with Crippen molar-refractivity contribution in [1.29, 1.82) is 0 Å². The maximum absolute atomic E-state index is 10.9. The minimum absolute atomic E-state index is 0.0115. The molecule has 0 spiro atoms. The summed E-state index contributed by atoms with van der Waals surface area (Å²) in [6, 6.07) is 2.47. The topological polar surface area (TPSA) is 46.9 Å². The third-order valence-corrected chi connectivity index (χ3v) is 2.48. The molecule has 1 aliphatic carbocycles. The van der Waals surface area contributed by atoms with Crippen molar-refractivity contribution in [3.05, 3.63) is 18.0 Å². The van der Waals surface area contributed by atoms with Gasteiger partial charge in [-0.05, 0) is 18.9 Å². The summed E-state index contributed by atoms with van der Waals surface area (Å²) < 4.78 is 1.98. The third-order valence-electron chi connectivity index (χ3n) is 2.23. The van der Waals surface area contributed by atoms with E-state index in [9.17, 15) is 4.79 Å². The number of rotatable bonds is 4. The Morgan fingerprint density at radius 1 is 1.71 bits per heavy atom. The first-order valence-corrected chi connectivity index (χ1v) is 5.20. The summed E-state index contributed by atoms with van der Waals surface area (Å²) in [6.07, 6.45) is 4.15. The van der Waals surface area contributed by atoms with Crippen LogP contribution in [0.4, 0.5) is 0 Å². The molecule has 0 atom stereocenters. The fraction of sp³-hybridized carbons (Fsp3) is 0.556. The molecule has 1 aromatic heterocycles. The van der Waals surface area contributed by atoms with Crippen LogP contribution in [0.1, 0.15) is 24.6 Å². The van der Waals surface area contributed by atoms with Gasteiger partial charge in [0, 0.05) is 6.20 Å². The molecule has 1 N–H and O–H groups in total. The van der Waals surface area contributed by atoms with Gasteiger partial charge < -0.3 is 5.32 Å². The molecule has 1 saturated carbocycles. The quantitative estimate of drug-likeness (QED) is 0.761. The van der Waals surface area contributed by atoms with E-state index in [0.717, 1.165) is 5.69 Å². The highest BCUT2D eigenvalue weighted by molar-refractivity contribution is 6.27. The first-order chi connectivity index (χ1) is 6.81. The number of nitrogens with one attached hydrogen (secondary N) is 1. The predicted octanol–water partition coefficient (Wildman–Crippen LogP) is 1.07. The lowest BCUT2D eigenvalue weighted by Gasteiger charge is -2.06. The van der Waals surface area contributed by atoms with E-state index in [1.807, 2.05) is 10.7 Å². The van der Waals surface area contributed by atoms with Crippen LogP contribution in [0.3, 0.4) is 0 Å². The van der Waals surface area contributed by atoms with Gasteiger partial charge in [0.15, 0.2) is 0 Å². The number of amides is 1. The Balaban J connectivity index is 1.94. The van der Waals surface area contributed by atoms with Gasteiger partial charge >= 0.3 is 0 Å². The molecule has 5 heteroatoms. The van der Waals surface area contributed by atoms with Crippen molar-refractivity contribution in [2.24, 2.45) is 0 Å². The molecule has 1 aromatic rings. The minimum atomic E-state index is -0.143. The average molecular weight is 214 g/mol. The van der Waals surface area contributed by atoms with Gasteiger partial charge in [-0.25, -0.2) is 0 Å². The van der Waals surface area contributed by atoms with Crippen molar-refractivity contribution in [2.45, 2.75) is 25.4 Å². The number of alkyl halides is 1. The smallest absolute Gasteiger partial charge is 0.235 e. The zero-order valence-electron chi connectivity index (χ0n) is 7.74. The van der Waals surface area contributed by atoms with Crippen LogP contribution in [-0.4, -0.2) is 21.6 Å². The van der Waals surface area contributed by atoms with E-state index in [2.05, 4.69) is 10.4 Å². The van der Waals surface area contributed by atoms with Crippen LogP contribution < -0.4 is 5.32 Å². The van der Waals surface area contributed by atoms with Crippen LogP contribution in [0.25, 0.3) is 0 Å². The number of halogens is 1. The van der Waals surface area contributed by atoms with Gasteiger partial charge in [0.05, 0.1) is 18.3 Å². The van der Waals surface area contributed by atoms with Crippen molar-refractivity contribution in [3.63, 3.8) is 0 Å². The number of hydrogen-bond acceptors (Lipinski definition) is 2. The highest BCUT2D eigenvalue weighted by atomic mass is 35.5. The van der Waals surface area contributed by atoms with E-state index in [1.54, 1.807) is 6.20 Å². The summed E-state index contributed by atoms with van der Waals surface area (Å²) in [4.78, 5) is 10.9. The Labute approximate surface area is 87.2 Å². The Kier molecular flexibility index (Phi) is 2.72. The molecule has 76 valence electrons. The summed E-state index contributed by atoms with van der Waals surface area (Å²) in [5.74, 6) is -0.132. The molecule has 0 radical (unpaired) electrons. The van der Waals surface area contributed by atoms with Crippen molar-refractivity contribution < 1.29 is 4.79 Å². The summed E-state index contributed by atoms with van der Waals surface area (Å²) in [5, 5.41) is 6.94. The second-order valence-electron chi connectivity index (χ2n) is 3.41. The third kappa shape index (κ3) is 2.07. The first-order valence-electron chi connectivity index (χ1n) is 4.66. The Morgan fingerprint density at radius 2 is 2.50 bits per heavy atom. The van der Waals surface area contributed by atoms with Crippen molar-refractivity contribution >= 4 is 17.5 Å². The van der Waals surface area contributed by atoms with Gasteiger partial charge in [-0.15, -0.1) is 11.6 Å². The standard InChI is InChI=1S/C9H12ClN3O/c10-5-9(14)11-6-8-3-4-12-13(8)7-1-2-7/h3-4,7H,1-2,5-6H2,(H,11,14). The van der Waals surface area contributed by atoms with Gasteiger partial charge in [-0.3, -0.25) is 9.48 Å². The van der Waals surface area contributed by atoms with Gasteiger partial charge in [0.1, 0.15) is 5.88 Å². The zero-order valence-corrected chi connectivity index (χ0v) is 8.50. The SMILES string of the molecule is O=C(CCl)NCc1ccnn1C1CC1. The van der Waals surface area contributed by atoms with Gasteiger partial charge in [0.25, 0.3) is 0 Å². The van der Waals surface area contributed by atoms with Crippen LogP contribution in [0, 0.1) is 0 Å². The van der Waals surface area contributed by atoms with Gasteiger partial charge in [-0.1, -0.05) is 0 Å². The molecule has 1 amide bonds. The number of nitrogens with zero attached hydrogens (tertiary/aromatic N) is 2. The molecule has 0 aromatic carbocycles. The van der Waals surface area contributed by atoms with E-state index in [-0.39, 0.29) is 11.8 Å². The Bertz CT molecular complexity index is 333. The average Bonchev–Trinajstić information content (AvgIpc) is 2.94. The van der Waals surface area contributed by atoms with E-state index in [0.29, 0.717) is 12.6 Å². The van der Waals surface area contributed by atoms with Crippen LogP contribution in [0.15, 0.2) is 12.3 Å². The molecular weight excluding hydrogens is 202 g/mol. The molecular formula is C9H12ClN3O. The van der Waals surface area contributed by atoms with Gasteiger partial charge in [0.2, 0.25) is 5.91 Å². The number of carbonyl (C=O) groups is 1. The molecule has 1 heterocycles. The van der Waals surface area contributed by atoms with E-state index < -0.39 is 0 Å². The fourth-order valence-electron chi connectivity index (χ4n) is 1.37. The predicted molar refractivity (Wildman–Crippen MR) is 53.1 cm³/mol. The normalized spacial score (nSPS) is 15.5. The summed E-state index contributed by atoms with van der Waals surface area (Å²) >= 11 is 5.37. The van der Waals surface area contributed by atoms with E-state index >= 15 is 0 Å². The number of aromatic nitrogens is 2. The molecule has 2 rings (SSSR count). The molecule has 0 saturated heterocycles. The maximum atomic E-state index is 10.9. The molecule has 0 bridgehead atoms. The van der Waals surface area contributed by atoms with Crippen LogP contribution in [0.2, 0.25) is 0 Å². The second-order valence-corrected chi connectivity index (χ2v) is 3.68. The molecule has 14 heavy (non-hydrogen) atoms. The van der Waals surface area contributed by atoms with E-state index in [4.69, 9.17) is 11.6 Å². The van der Waals surface area contributed by atoms with Crippen molar-refractivity contribution in [2.75, 3.05) is 5.88 Å². The van der Waals surface area contributed by atoms with Crippen molar-refractivity contribution in [3.8, 4) is 0 Å². The number of carbonyl (C=O) groups excluding carboxylic acids is 1. The van der Waals surface area contributed by atoms with Gasteiger partial charge in [-0.2, -0.15) is 5.10 Å². The summed E-state index contributed by atoms with van der Waals surface area (Å²) in [7, 11) is 0. The monoisotopic (exact) mass is 213 g/mol. The largest absolute Gasteiger partial charge is 0.349 e. The summed E-state index contributed by atoms with van der Waals surface area (Å²) in [5.41, 5.74) is 1.05. The van der Waals surface area contributed by atoms with E-state index in [1.165, 1.54) is 12.8 Å². The Morgan fingerprint density at radius 3 is 3.14 bits per heavy atom. The highest BCUT2D eigenvalue weighted by Crippen LogP contribution is 2.34. The lowest BCUT2D eigenvalue weighted by molar-refractivity contribution is -0.118. The molecule has 1 fully saturated rings. The maximum Gasteiger partial charge on any atom is 0.235 e. The molecule has 4 nitrogen and oxygen atoms in total. The molecule has 1 aliphatic rings. The molecule has 0 aliphatic heterocycles. The lowest BCUT2D eigenvalue weighted by Crippen LogP contribution is -2.25. The molecule has 0 unspecified atom stereocenters. The fourth-order valence-corrected chi connectivity index (χ4v) is 1.46. The Hall–Kier alpha value is -1.03. The lowest BCUT2D eigenvalue weighted by atomic mass is 10.4. The van der Waals surface area contributed by atoms with Crippen LogP contribution in [0.5, 0.6) is 0 Å². The first kappa shape index (κ1) is 9.52. The number of hydrogen-bond donors (Lipinski definition) is 1. The van der Waals surface area contributed by atoms with Crippen molar-refractivity contribution in [1.82, 2.24) is 15.1 Å².